The Morgan fingerprint density at radius 1 is 1.15 bits per heavy atom. The number of rotatable bonds is 7. The first-order valence-corrected chi connectivity index (χ1v) is 12.6. The van der Waals surface area contributed by atoms with Crippen molar-refractivity contribution in [3.05, 3.63) is 53.1 Å². The number of methoxy groups -OCH3 is 1. The molecule has 1 fully saturated rings. The second-order valence-electron chi connectivity index (χ2n) is 9.24. The summed E-state index contributed by atoms with van der Waals surface area (Å²) in [7, 11) is -1.88. The van der Waals surface area contributed by atoms with Gasteiger partial charge < -0.3 is 4.74 Å². The molecule has 0 atom stereocenters. The molecule has 0 bridgehead atoms. The summed E-state index contributed by atoms with van der Waals surface area (Å²) in [5, 5.41) is 2.32. The largest absolute Gasteiger partial charge is 0.496 e. The van der Waals surface area contributed by atoms with Gasteiger partial charge in [0.05, 0.1) is 13.4 Å². The number of urea groups is 1. The molecule has 2 N–H and O–H groups in total. The van der Waals surface area contributed by atoms with E-state index in [2.05, 4.69) is 10.0 Å². The molecule has 0 spiro atoms. The molecular weight excluding hydrogens is 458 g/mol. The molecule has 1 saturated heterocycles. The highest BCUT2D eigenvalue weighted by atomic mass is 32.2. The van der Waals surface area contributed by atoms with E-state index in [4.69, 9.17) is 4.74 Å². The molecule has 0 aliphatic carbocycles. The first-order valence-electron chi connectivity index (χ1n) is 10.7. The fourth-order valence-electron chi connectivity index (χ4n) is 3.78. The SMILES string of the molecule is COc1c(CC(=O)c2ccc(NS(C)(=O)=O)cc2)cc(N2CCC(=O)NC2=O)cc1C(C)(C)C. The average molecular weight is 488 g/mol. The summed E-state index contributed by atoms with van der Waals surface area (Å²) in [5.74, 6) is 0.0444. The van der Waals surface area contributed by atoms with Crippen LogP contribution in [0.15, 0.2) is 36.4 Å². The van der Waals surface area contributed by atoms with E-state index >= 15 is 0 Å². The lowest BCUT2D eigenvalue weighted by molar-refractivity contribution is -0.120. The normalized spacial score (nSPS) is 14.6. The molecule has 0 radical (unpaired) electrons. The van der Waals surface area contributed by atoms with Gasteiger partial charge in [-0.15, -0.1) is 0 Å². The predicted molar refractivity (Wildman–Crippen MR) is 130 cm³/mol. The molecule has 1 heterocycles. The Bertz CT molecular complexity index is 1230. The molecule has 2 aromatic rings. The van der Waals surface area contributed by atoms with Crippen LogP contribution in [-0.4, -0.2) is 46.0 Å². The predicted octanol–water partition coefficient (Wildman–Crippen LogP) is 3.24. The van der Waals surface area contributed by atoms with Crippen molar-refractivity contribution in [2.75, 3.05) is 29.5 Å². The van der Waals surface area contributed by atoms with Crippen LogP contribution < -0.4 is 19.7 Å². The number of imide groups is 1. The van der Waals surface area contributed by atoms with Crippen molar-refractivity contribution in [2.24, 2.45) is 0 Å². The van der Waals surface area contributed by atoms with E-state index in [1.165, 1.54) is 24.1 Å². The fourth-order valence-corrected chi connectivity index (χ4v) is 4.35. The molecule has 3 amide bonds. The topological polar surface area (TPSA) is 122 Å². The molecule has 34 heavy (non-hydrogen) atoms. The number of ether oxygens (including phenoxy) is 1. The lowest BCUT2D eigenvalue weighted by Gasteiger charge is -2.30. The Morgan fingerprint density at radius 2 is 1.79 bits per heavy atom. The number of nitrogens with zero attached hydrogens (tertiary/aromatic N) is 1. The van der Waals surface area contributed by atoms with Gasteiger partial charge in [0, 0.05) is 47.5 Å². The minimum atomic E-state index is -3.42. The Balaban J connectivity index is 1.98. The summed E-state index contributed by atoms with van der Waals surface area (Å²) in [5.41, 5.74) is 2.43. The Labute approximate surface area is 199 Å². The minimum absolute atomic E-state index is 0.00728. The van der Waals surface area contributed by atoms with E-state index in [9.17, 15) is 22.8 Å². The first kappa shape index (κ1) is 25.2. The van der Waals surface area contributed by atoms with Crippen LogP contribution in [0, 0.1) is 0 Å². The monoisotopic (exact) mass is 487 g/mol. The Kier molecular flexibility index (Phi) is 7.02. The highest BCUT2D eigenvalue weighted by Gasteiger charge is 2.29. The third-order valence-electron chi connectivity index (χ3n) is 5.39. The van der Waals surface area contributed by atoms with Crippen molar-refractivity contribution < 1.29 is 27.5 Å². The van der Waals surface area contributed by atoms with E-state index in [0.29, 0.717) is 28.3 Å². The number of amides is 3. The highest BCUT2D eigenvalue weighted by molar-refractivity contribution is 7.92. The van der Waals surface area contributed by atoms with Crippen LogP contribution in [0.4, 0.5) is 16.2 Å². The molecule has 10 heteroatoms. The fraction of sp³-hybridized carbons (Fsp3) is 0.375. The quantitative estimate of drug-likeness (QED) is 0.578. The van der Waals surface area contributed by atoms with E-state index in [1.54, 1.807) is 18.2 Å². The lowest BCUT2D eigenvalue weighted by Crippen LogP contribution is -2.49. The molecule has 3 rings (SSSR count). The molecule has 2 aromatic carbocycles. The maximum absolute atomic E-state index is 13.1. The maximum Gasteiger partial charge on any atom is 0.328 e. The summed E-state index contributed by atoms with van der Waals surface area (Å²) in [6, 6.07) is 9.25. The number of hydrogen-bond acceptors (Lipinski definition) is 6. The van der Waals surface area contributed by atoms with Crippen molar-refractivity contribution in [3.8, 4) is 5.75 Å². The van der Waals surface area contributed by atoms with E-state index < -0.39 is 16.1 Å². The van der Waals surface area contributed by atoms with Crippen LogP contribution in [0.2, 0.25) is 0 Å². The zero-order valence-electron chi connectivity index (χ0n) is 19.9. The van der Waals surface area contributed by atoms with Gasteiger partial charge >= 0.3 is 6.03 Å². The molecule has 1 aliphatic heterocycles. The van der Waals surface area contributed by atoms with Crippen LogP contribution in [0.25, 0.3) is 0 Å². The number of hydrogen-bond donors (Lipinski definition) is 2. The maximum atomic E-state index is 13.1. The van der Waals surface area contributed by atoms with Crippen molar-refractivity contribution in [1.29, 1.82) is 0 Å². The van der Waals surface area contributed by atoms with E-state index in [1.807, 2.05) is 26.8 Å². The van der Waals surface area contributed by atoms with Gasteiger partial charge in [-0.25, -0.2) is 13.2 Å². The third-order valence-corrected chi connectivity index (χ3v) is 6.00. The molecule has 0 saturated carbocycles. The number of nitrogens with one attached hydrogen (secondary N) is 2. The third kappa shape index (κ3) is 5.93. The van der Waals surface area contributed by atoms with Crippen LogP contribution in [0.3, 0.4) is 0 Å². The van der Waals surface area contributed by atoms with Crippen molar-refractivity contribution >= 4 is 39.1 Å². The number of sulfonamides is 1. The zero-order chi connectivity index (χ0) is 25.3. The van der Waals surface area contributed by atoms with Crippen molar-refractivity contribution in [2.45, 2.75) is 39.0 Å². The van der Waals surface area contributed by atoms with Crippen molar-refractivity contribution in [1.82, 2.24) is 5.32 Å². The van der Waals surface area contributed by atoms with Crippen molar-refractivity contribution in [3.63, 3.8) is 0 Å². The second-order valence-corrected chi connectivity index (χ2v) is 11.0. The highest BCUT2D eigenvalue weighted by Crippen LogP contribution is 2.38. The molecule has 1 aliphatic rings. The summed E-state index contributed by atoms with van der Waals surface area (Å²) < 4.78 is 30.9. The lowest BCUT2D eigenvalue weighted by atomic mass is 9.83. The zero-order valence-corrected chi connectivity index (χ0v) is 20.7. The van der Waals surface area contributed by atoms with Gasteiger partial charge in [-0.3, -0.25) is 24.5 Å². The average Bonchev–Trinajstić information content (AvgIpc) is 2.72. The summed E-state index contributed by atoms with van der Waals surface area (Å²) >= 11 is 0. The Hall–Kier alpha value is -3.40. The van der Waals surface area contributed by atoms with Gasteiger partial charge in [0.15, 0.2) is 5.78 Å². The Morgan fingerprint density at radius 3 is 2.32 bits per heavy atom. The van der Waals surface area contributed by atoms with Gasteiger partial charge in [-0.1, -0.05) is 20.8 Å². The van der Waals surface area contributed by atoms with Gasteiger partial charge in [0.1, 0.15) is 5.75 Å². The summed E-state index contributed by atoms with van der Waals surface area (Å²) in [6.07, 6.45) is 1.24. The van der Waals surface area contributed by atoms with E-state index in [0.717, 1.165) is 11.8 Å². The standard InChI is InChI=1S/C24H29N3O6S/c1-24(2,3)19-14-18(27-11-10-21(29)25-23(27)30)12-16(22(19)33-4)13-20(28)15-6-8-17(9-7-15)26-34(5,31)32/h6-9,12,14,26H,10-11,13H2,1-5H3,(H,25,29,30). The molecular formula is C24H29N3O6S. The number of Topliss-reactive ketones (excluding diaryl/α,β-unsaturated/α-hetero) is 1. The van der Waals surface area contributed by atoms with Crippen LogP contribution in [0.5, 0.6) is 5.75 Å². The van der Waals surface area contributed by atoms with Gasteiger partial charge in [-0.05, 0) is 41.8 Å². The smallest absolute Gasteiger partial charge is 0.328 e. The number of anilines is 2. The molecule has 0 unspecified atom stereocenters. The van der Waals surface area contributed by atoms with Crippen LogP contribution >= 0.6 is 0 Å². The number of carbonyl (C=O) groups excluding carboxylic acids is 3. The number of ketones is 1. The summed E-state index contributed by atoms with van der Waals surface area (Å²) in [6.45, 7) is 6.26. The van der Waals surface area contributed by atoms with Gasteiger partial charge in [-0.2, -0.15) is 0 Å². The van der Waals surface area contributed by atoms with E-state index in [-0.39, 0.29) is 36.5 Å². The summed E-state index contributed by atoms with van der Waals surface area (Å²) in [4.78, 5) is 38.6. The number of carbonyl (C=O) groups is 3. The van der Waals surface area contributed by atoms with Crippen LogP contribution in [0.1, 0.15) is 48.7 Å². The van der Waals surface area contributed by atoms with Gasteiger partial charge in [0.2, 0.25) is 15.9 Å². The molecule has 182 valence electrons. The second kappa shape index (κ2) is 9.46. The van der Waals surface area contributed by atoms with Crippen LogP contribution in [-0.2, 0) is 26.7 Å². The first-order chi connectivity index (χ1) is 15.8. The number of benzene rings is 2. The molecule has 9 nitrogen and oxygen atoms in total. The molecule has 0 aromatic heterocycles. The minimum Gasteiger partial charge on any atom is -0.496 e. The van der Waals surface area contributed by atoms with Gasteiger partial charge in [0.25, 0.3) is 0 Å².